The lowest BCUT2D eigenvalue weighted by Gasteiger charge is -2.32. The number of likely N-dealkylation sites (tertiary alicyclic amines) is 1. The lowest BCUT2D eigenvalue weighted by molar-refractivity contribution is 0.220. The SMILES string of the molecule is c1ccc(CCN2CCC(Nc3nc4cncnc4n3Cc3cccs3)CC2)nc1. The molecule has 7 nitrogen and oxygen atoms in total. The predicted octanol–water partition coefficient (Wildman–Crippen LogP) is 3.45. The molecule has 0 bridgehead atoms. The molecule has 1 fully saturated rings. The molecule has 0 aromatic carbocycles. The highest BCUT2D eigenvalue weighted by Crippen LogP contribution is 2.23. The second kappa shape index (κ2) is 8.89. The third-order valence-electron chi connectivity index (χ3n) is 5.64. The van der Waals surface area contributed by atoms with Crippen LogP contribution in [0.5, 0.6) is 0 Å². The van der Waals surface area contributed by atoms with Crippen molar-refractivity contribution >= 4 is 28.4 Å². The molecular weight excluding hydrogens is 394 g/mol. The largest absolute Gasteiger partial charge is 0.353 e. The van der Waals surface area contributed by atoms with Gasteiger partial charge in [-0.15, -0.1) is 11.3 Å². The van der Waals surface area contributed by atoms with Crippen molar-refractivity contribution in [2.75, 3.05) is 25.0 Å². The molecule has 0 radical (unpaired) electrons. The van der Waals surface area contributed by atoms with Crippen LogP contribution in [0.1, 0.15) is 23.4 Å². The molecule has 1 saturated heterocycles. The minimum Gasteiger partial charge on any atom is -0.353 e. The number of hydrogen-bond donors (Lipinski definition) is 1. The highest BCUT2D eigenvalue weighted by Gasteiger charge is 2.22. The van der Waals surface area contributed by atoms with E-state index < -0.39 is 0 Å². The third kappa shape index (κ3) is 4.34. The summed E-state index contributed by atoms with van der Waals surface area (Å²) in [6.07, 6.45) is 8.48. The summed E-state index contributed by atoms with van der Waals surface area (Å²) in [5.74, 6) is 0.894. The molecule has 4 aromatic heterocycles. The molecule has 0 amide bonds. The smallest absolute Gasteiger partial charge is 0.205 e. The van der Waals surface area contributed by atoms with Crippen LogP contribution >= 0.6 is 11.3 Å². The van der Waals surface area contributed by atoms with E-state index in [1.54, 1.807) is 23.9 Å². The van der Waals surface area contributed by atoms with Crippen molar-refractivity contribution in [3.63, 3.8) is 0 Å². The van der Waals surface area contributed by atoms with Crippen LogP contribution in [0.4, 0.5) is 5.95 Å². The van der Waals surface area contributed by atoms with Crippen LogP contribution in [0.2, 0.25) is 0 Å². The molecule has 5 heterocycles. The molecule has 4 aromatic rings. The van der Waals surface area contributed by atoms with Crippen LogP contribution in [0.25, 0.3) is 11.2 Å². The van der Waals surface area contributed by atoms with Gasteiger partial charge < -0.3 is 10.2 Å². The second-order valence-electron chi connectivity index (χ2n) is 7.66. The highest BCUT2D eigenvalue weighted by molar-refractivity contribution is 7.09. The summed E-state index contributed by atoms with van der Waals surface area (Å²) in [6.45, 7) is 4.03. The maximum Gasteiger partial charge on any atom is 0.205 e. The van der Waals surface area contributed by atoms with Gasteiger partial charge in [0.1, 0.15) is 11.8 Å². The van der Waals surface area contributed by atoms with Gasteiger partial charge in [-0.2, -0.15) is 0 Å². The Morgan fingerprint density at radius 1 is 1.10 bits per heavy atom. The Morgan fingerprint density at radius 2 is 2.03 bits per heavy atom. The van der Waals surface area contributed by atoms with E-state index >= 15 is 0 Å². The molecule has 1 aliphatic heterocycles. The van der Waals surface area contributed by atoms with E-state index in [1.807, 2.05) is 12.3 Å². The standard InChI is InChI=1S/C22H25N7S/c1-2-9-24-17(4-1)6-10-28-11-7-18(8-12-28)26-22-27-20-14-23-16-25-21(20)29(22)15-19-5-3-13-30-19/h1-5,9,13-14,16,18H,6-8,10-12,15H2,(H,26,27). The van der Waals surface area contributed by atoms with E-state index in [9.17, 15) is 0 Å². The van der Waals surface area contributed by atoms with Gasteiger partial charge in [0.15, 0.2) is 5.65 Å². The van der Waals surface area contributed by atoms with Gasteiger partial charge in [0.2, 0.25) is 5.95 Å². The van der Waals surface area contributed by atoms with Gasteiger partial charge in [0, 0.05) is 48.9 Å². The average Bonchev–Trinajstić information content (AvgIpc) is 3.43. The van der Waals surface area contributed by atoms with Crippen LogP contribution < -0.4 is 5.32 Å². The Morgan fingerprint density at radius 3 is 2.83 bits per heavy atom. The van der Waals surface area contributed by atoms with E-state index in [4.69, 9.17) is 4.98 Å². The fraction of sp³-hybridized carbons (Fsp3) is 0.364. The summed E-state index contributed by atoms with van der Waals surface area (Å²) in [7, 11) is 0. The molecular formula is C22H25N7S. The number of anilines is 1. The van der Waals surface area contributed by atoms with Gasteiger partial charge in [-0.3, -0.25) is 9.55 Å². The van der Waals surface area contributed by atoms with Crippen molar-refractivity contribution in [3.8, 4) is 0 Å². The molecule has 0 aliphatic carbocycles. The molecule has 0 unspecified atom stereocenters. The number of hydrogen-bond acceptors (Lipinski definition) is 7. The van der Waals surface area contributed by atoms with E-state index in [1.165, 1.54) is 10.6 Å². The Labute approximate surface area is 179 Å². The van der Waals surface area contributed by atoms with Crippen LogP contribution in [0.3, 0.4) is 0 Å². The van der Waals surface area contributed by atoms with Crippen LogP contribution in [-0.2, 0) is 13.0 Å². The van der Waals surface area contributed by atoms with E-state index in [0.29, 0.717) is 6.04 Å². The number of nitrogens with zero attached hydrogens (tertiary/aromatic N) is 6. The number of thiophene rings is 1. The summed E-state index contributed by atoms with van der Waals surface area (Å²) in [5.41, 5.74) is 2.89. The van der Waals surface area contributed by atoms with Crippen molar-refractivity contribution in [2.24, 2.45) is 0 Å². The zero-order valence-electron chi connectivity index (χ0n) is 16.8. The van der Waals surface area contributed by atoms with Gasteiger partial charge in [0.05, 0.1) is 12.7 Å². The van der Waals surface area contributed by atoms with Gasteiger partial charge in [0.25, 0.3) is 0 Å². The molecule has 30 heavy (non-hydrogen) atoms. The lowest BCUT2D eigenvalue weighted by atomic mass is 10.0. The average molecular weight is 420 g/mol. The molecule has 154 valence electrons. The maximum absolute atomic E-state index is 4.79. The minimum atomic E-state index is 0.419. The van der Waals surface area contributed by atoms with Crippen LogP contribution in [-0.4, -0.2) is 55.1 Å². The van der Waals surface area contributed by atoms with Gasteiger partial charge in [-0.05, 0) is 36.4 Å². The third-order valence-corrected chi connectivity index (χ3v) is 6.50. The number of aromatic nitrogens is 5. The summed E-state index contributed by atoms with van der Waals surface area (Å²) in [6, 6.07) is 10.8. The molecule has 8 heteroatoms. The normalized spacial score (nSPS) is 15.6. The topological polar surface area (TPSA) is 71.8 Å². The summed E-state index contributed by atoms with van der Waals surface area (Å²) in [5, 5.41) is 5.80. The van der Waals surface area contributed by atoms with E-state index in [2.05, 4.69) is 59.4 Å². The molecule has 5 rings (SSSR count). The van der Waals surface area contributed by atoms with Crippen molar-refractivity contribution in [3.05, 3.63) is 65.0 Å². The molecule has 0 spiro atoms. The Balaban J connectivity index is 1.23. The van der Waals surface area contributed by atoms with Crippen molar-refractivity contribution in [2.45, 2.75) is 31.8 Å². The summed E-state index contributed by atoms with van der Waals surface area (Å²) in [4.78, 5) is 21.7. The second-order valence-corrected chi connectivity index (χ2v) is 8.70. The first-order chi connectivity index (χ1) is 14.8. The maximum atomic E-state index is 4.79. The highest BCUT2D eigenvalue weighted by atomic mass is 32.1. The van der Waals surface area contributed by atoms with Crippen molar-refractivity contribution in [1.82, 2.24) is 29.4 Å². The first-order valence-electron chi connectivity index (χ1n) is 10.4. The molecule has 1 aliphatic rings. The Kier molecular flexibility index (Phi) is 5.67. The predicted molar refractivity (Wildman–Crippen MR) is 120 cm³/mol. The van der Waals surface area contributed by atoms with Gasteiger partial charge in [-0.25, -0.2) is 15.0 Å². The number of fused-ring (bicyclic) bond motifs is 1. The van der Waals surface area contributed by atoms with Gasteiger partial charge in [-0.1, -0.05) is 12.1 Å². The quantitative estimate of drug-likeness (QED) is 0.495. The van der Waals surface area contributed by atoms with Crippen molar-refractivity contribution in [1.29, 1.82) is 0 Å². The minimum absolute atomic E-state index is 0.419. The number of rotatable bonds is 7. The molecule has 0 atom stereocenters. The number of nitrogens with one attached hydrogen (secondary N) is 1. The van der Waals surface area contributed by atoms with Crippen LogP contribution in [0.15, 0.2) is 54.4 Å². The summed E-state index contributed by atoms with van der Waals surface area (Å²) < 4.78 is 2.18. The van der Waals surface area contributed by atoms with Crippen molar-refractivity contribution < 1.29 is 0 Å². The first kappa shape index (κ1) is 19.1. The van der Waals surface area contributed by atoms with E-state index in [0.717, 1.165) is 62.6 Å². The molecule has 1 N–H and O–H groups in total. The monoisotopic (exact) mass is 419 g/mol. The fourth-order valence-corrected chi connectivity index (χ4v) is 4.69. The fourth-order valence-electron chi connectivity index (χ4n) is 4.00. The van der Waals surface area contributed by atoms with E-state index in [-0.39, 0.29) is 0 Å². The lowest BCUT2D eigenvalue weighted by Crippen LogP contribution is -2.40. The number of pyridine rings is 1. The zero-order valence-corrected chi connectivity index (χ0v) is 17.6. The summed E-state index contributed by atoms with van der Waals surface area (Å²) >= 11 is 1.76. The van der Waals surface area contributed by atoms with Gasteiger partial charge >= 0.3 is 0 Å². The number of imidazole rings is 1. The Hall–Kier alpha value is -2.84. The Bertz CT molecular complexity index is 1070. The zero-order chi connectivity index (χ0) is 20.2. The first-order valence-corrected chi connectivity index (χ1v) is 11.3. The molecule has 0 saturated carbocycles. The number of piperidine rings is 1. The van der Waals surface area contributed by atoms with Crippen LogP contribution in [0, 0.1) is 0 Å².